The summed E-state index contributed by atoms with van der Waals surface area (Å²) >= 11 is 9.85. The Bertz CT molecular complexity index is 562. The molecule has 18 heavy (non-hydrogen) atoms. The molecule has 1 heterocycles. The average molecular weight is 377 g/mol. The van der Waals surface area contributed by atoms with E-state index in [2.05, 4.69) is 15.9 Å². The lowest BCUT2D eigenvalue weighted by atomic mass is 10.1. The fourth-order valence-corrected chi connectivity index (χ4v) is 5.07. The van der Waals surface area contributed by atoms with Crippen LogP contribution in [0.2, 0.25) is 5.02 Å². The van der Waals surface area contributed by atoms with Crippen molar-refractivity contribution in [2.75, 3.05) is 7.05 Å². The Labute approximate surface area is 123 Å². The predicted molar refractivity (Wildman–Crippen MR) is 73.7 cm³/mol. The second-order valence-electron chi connectivity index (χ2n) is 4.02. The molecular formula is C9H11BrClNO4S2. The lowest BCUT2D eigenvalue weighted by Crippen LogP contribution is -2.50. The smallest absolute Gasteiger partial charge is 0.324 e. The van der Waals surface area contributed by atoms with Crippen molar-refractivity contribution in [3.8, 4) is 0 Å². The third kappa shape index (κ3) is 2.72. The Morgan fingerprint density at radius 3 is 2.39 bits per heavy atom. The van der Waals surface area contributed by atoms with Crippen LogP contribution in [-0.4, -0.2) is 36.4 Å². The van der Waals surface area contributed by atoms with Crippen molar-refractivity contribution >= 4 is 54.9 Å². The highest BCUT2D eigenvalue weighted by molar-refractivity contribution is 9.11. The van der Waals surface area contributed by atoms with E-state index in [9.17, 15) is 13.2 Å². The van der Waals surface area contributed by atoms with Gasteiger partial charge in [0.25, 0.3) is 10.0 Å². The normalized spacial score (nSPS) is 13.0. The quantitative estimate of drug-likeness (QED) is 0.876. The zero-order chi connectivity index (χ0) is 14.3. The average Bonchev–Trinajstić information content (AvgIpc) is 2.58. The topological polar surface area (TPSA) is 74.7 Å². The number of aliphatic carboxylic acids is 1. The molecule has 0 fully saturated rings. The highest BCUT2D eigenvalue weighted by atomic mass is 79.9. The first kappa shape index (κ1) is 15.9. The Morgan fingerprint density at radius 1 is 1.56 bits per heavy atom. The highest BCUT2D eigenvalue weighted by Crippen LogP contribution is 2.36. The molecule has 0 aromatic carbocycles. The lowest BCUT2D eigenvalue weighted by molar-refractivity contribution is -0.145. The van der Waals surface area contributed by atoms with Crippen molar-refractivity contribution in [2.45, 2.75) is 23.6 Å². The maximum atomic E-state index is 12.2. The number of carboxylic acids is 1. The van der Waals surface area contributed by atoms with E-state index in [1.54, 1.807) is 0 Å². The van der Waals surface area contributed by atoms with Crippen LogP contribution >= 0.6 is 38.9 Å². The summed E-state index contributed by atoms with van der Waals surface area (Å²) in [5.74, 6) is -1.23. The van der Waals surface area contributed by atoms with Gasteiger partial charge in [0.05, 0.1) is 8.81 Å². The van der Waals surface area contributed by atoms with E-state index >= 15 is 0 Å². The van der Waals surface area contributed by atoms with Crippen LogP contribution in [0.1, 0.15) is 13.8 Å². The summed E-state index contributed by atoms with van der Waals surface area (Å²) in [5.41, 5.74) is -1.54. The number of sulfonamides is 1. The van der Waals surface area contributed by atoms with Gasteiger partial charge in [0.15, 0.2) is 0 Å². The maximum Gasteiger partial charge on any atom is 0.324 e. The van der Waals surface area contributed by atoms with Crippen molar-refractivity contribution in [2.24, 2.45) is 0 Å². The predicted octanol–water partition coefficient (Wildman–Crippen LogP) is 2.65. The second kappa shape index (κ2) is 5.09. The number of rotatable bonds is 4. The molecule has 0 amide bonds. The van der Waals surface area contributed by atoms with Crippen LogP contribution in [0.4, 0.5) is 0 Å². The van der Waals surface area contributed by atoms with Gasteiger partial charge in [-0.25, -0.2) is 8.42 Å². The first-order valence-electron chi connectivity index (χ1n) is 4.68. The molecule has 1 N–H and O–H groups in total. The Hall–Kier alpha value is -0.150. The fraction of sp³-hybridized carbons (Fsp3) is 0.444. The van der Waals surface area contributed by atoms with Gasteiger partial charge < -0.3 is 5.11 Å². The van der Waals surface area contributed by atoms with Crippen LogP contribution in [0, 0.1) is 0 Å². The molecule has 0 aliphatic rings. The van der Waals surface area contributed by atoms with Gasteiger partial charge in [-0.15, -0.1) is 11.3 Å². The molecule has 9 heteroatoms. The van der Waals surface area contributed by atoms with Gasteiger partial charge >= 0.3 is 5.97 Å². The van der Waals surface area contributed by atoms with Gasteiger partial charge in [-0.3, -0.25) is 4.79 Å². The minimum Gasteiger partial charge on any atom is -0.480 e. The number of carboxylic acid groups (broad SMARTS) is 1. The molecule has 0 radical (unpaired) electrons. The number of hydrogen-bond acceptors (Lipinski definition) is 4. The summed E-state index contributed by atoms with van der Waals surface area (Å²) in [6, 6.07) is 1.29. The lowest BCUT2D eigenvalue weighted by Gasteiger charge is -2.29. The van der Waals surface area contributed by atoms with E-state index in [0.717, 1.165) is 15.6 Å². The minimum absolute atomic E-state index is 0.00352. The maximum absolute atomic E-state index is 12.2. The summed E-state index contributed by atoms with van der Waals surface area (Å²) in [6.45, 7) is 2.63. The summed E-state index contributed by atoms with van der Waals surface area (Å²) < 4.78 is 25.8. The van der Waals surface area contributed by atoms with Crippen molar-refractivity contribution in [1.29, 1.82) is 0 Å². The molecule has 0 aliphatic carbocycles. The highest BCUT2D eigenvalue weighted by Gasteiger charge is 2.40. The van der Waals surface area contributed by atoms with Gasteiger partial charge in [-0.1, -0.05) is 11.6 Å². The summed E-state index contributed by atoms with van der Waals surface area (Å²) in [6.07, 6.45) is 0. The number of halogens is 2. The van der Waals surface area contributed by atoms with Crippen molar-refractivity contribution in [3.63, 3.8) is 0 Å². The van der Waals surface area contributed by atoms with E-state index in [1.807, 2.05) is 0 Å². The van der Waals surface area contributed by atoms with Crippen LogP contribution in [0.15, 0.2) is 14.1 Å². The Balaban J connectivity index is 3.27. The molecule has 102 valence electrons. The summed E-state index contributed by atoms with van der Waals surface area (Å²) in [7, 11) is -2.66. The van der Waals surface area contributed by atoms with E-state index in [4.69, 9.17) is 16.7 Å². The standard InChI is InChI=1S/C9H11BrClNO4S2/c1-9(2,8(13)14)12(3)18(15,16)6-4-5(11)7(10)17-6/h4H,1-3H3,(H,13,14). The van der Waals surface area contributed by atoms with Crippen molar-refractivity contribution in [1.82, 2.24) is 4.31 Å². The molecule has 0 bridgehead atoms. The van der Waals surface area contributed by atoms with Gasteiger partial charge in [0, 0.05) is 7.05 Å². The Morgan fingerprint density at radius 2 is 2.06 bits per heavy atom. The van der Waals surface area contributed by atoms with Crippen LogP contribution in [0.3, 0.4) is 0 Å². The van der Waals surface area contributed by atoms with E-state index < -0.39 is 21.5 Å². The minimum atomic E-state index is -3.89. The third-order valence-electron chi connectivity index (χ3n) is 2.55. The second-order valence-corrected chi connectivity index (χ2v) is 9.00. The molecule has 0 atom stereocenters. The van der Waals surface area contributed by atoms with Crippen LogP contribution in [0.25, 0.3) is 0 Å². The summed E-state index contributed by atoms with van der Waals surface area (Å²) in [5, 5.41) is 9.32. The van der Waals surface area contributed by atoms with Crippen LogP contribution in [-0.2, 0) is 14.8 Å². The number of thiophene rings is 1. The van der Waals surface area contributed by atoms with Crippen LogP contribution in [0.5, 0.6) is 0 Å². The van der Waals surface area contributed by atoms with E-state index in [1.165, 1.54) is 27.0 Å². The first-order valence-corrected chi connectivity index (χ1v) is 8.11. The van der Waals surface area contributed by atoms with Gasteiger partial charge in [-0.05, 0) is 35.8 Å². The zero-order valence-corrected chi connectivity index (χ0v) is 13.7. The van der Waals surface area contributed by atoms with Crippen molar-refractivity contribution in [3.05, 3.63) is 14.9 Å². The molecule has 0 saturated carbocycles. The number of hydrogen-bond donors (Lipinski definition) is 1. The molecule has 1 aromatic heterocycles. The van der Waals surface area contributed by atoms with Gasteiger partial charge in [0.1, 0.15) is 9.75 Å². The monoisotopic (exact) mass is 375 g/mol. The molecule has 0 saturated heterocycles. The van der Waals surface area contributed by atoms with E-state index in [0.29, 0.717) is 3.79 Å². The van der Waals surface area contributed by atoms with Gasteiger partial charge in [-0.2, -0.15) is 4.31 Å². The number of likely N-dealkylation sites (N-methyl/N-ethyl adjacent to an activating group) is 1. The summed E-state index contributed by atoms with van der Waals surface area (Å²) in [4.78, 5) is 11.1. The largest absolute Gasteiger partial charge is 0.480 e. The molecule has 0 unspecified atom stereocenters. The molecule has 5 nitrogen and oxygen atoms in total. The molecule has 0 aliphatic heterocycles. The van der Waals surface area contributed by atoms with E-state index in [-0.39, 0.29) is 9.23 Å². The number of carbonyl (C=O) groups is 1. The van der Waals surface area contributed by atoms with Gasteiger partial charge in [0.2, 0.25) is 0 Å². The first-order chi connectivity index (χ1) is 8.01. The van der Waals surface area contributed by atoms with Crippen molar-refractivity contribution < 1.29 is 18.3 Å². The third-order valence-corrected chi connectivity index (χ3v) is 7.50. The fourth-order valence-electron chi connectivity index (χ4n) is 1.02. The Kier molecular flexibility index (Phi) is 4.49. The van der Waals surface area contributed by atoms with Crippen LogP contribution < -0.4 is 0 Å². The molecular weight excluding hydrogens is 366 g/mol. The molecule has 1 aromatic rings. The zero-order valence-electron chi connectivity index (χ0n) is 9.77. The molecule has 0 spiro atoms. The number of nitrogens with zero attached hydrogens (tertiary/aromatic N) is 1. The molecule has 1 rings (SSSR count). The SMILES string of the molecule is CN(C(C)(C)C(=O)O)S(=O)(=O)c1cc(Cl)c(Br)s1.